The Balaban J connectivity index is 2.32. The summed E-state index contributed by atoms with van der Waals surface area (Å²) in [5.41, 5.74) is 0.307. The lowest BCUT2D eigenvalue weighted by atomic mass is 10.2. The van der Waals surface area contributed by atoms with Crippen molar-refractivity contribution in [3.05, 3.63) is 58.1 Å². The Kier molecular flexibility index (Phi) is 7.54. The zero-order valence-corrected chi connectivity index (χ0v) is 17.0. The van der Waals surface area contributed by atoms with Gasteiger partial charge in [-0.25, -0.2) is 17.9 Å². The van der Waals surface area contributed by atoms with Gasteiger partial charge in [0.05, 0.1) is 4.92 Å². The van der Waals surface area contributed by atoms with Crippen LogP contribution in [0.2, 0.25) is 0 Å². The van der Waals surface area contributed by atoms with Crippen LogP contribution >= 0.6 is 0 Å². The standard InChI is InChI=1S/C19H23N3O6S/c1-3-4-7-12-20-19(23)21-29(26,27)18-13-15(22(24)25)10-11-17(18)28-16-9-6-5-8-14(16)2/h5-6,8-11,13H,3-4,7,12H2,1-2H3,(H2,20,21,23). The number of benzene rings is 2. The van der Waals surface area contributed by atoms with Gasteiger partial charge in [0, 0.05) is 18.7 Å². The summed E-state index contributed by atoms with van der Waals surface area (Å²) in [4.78, 5) is 21.8. The summed E-state index contributed by atoms with van der Waals surface area (Å²) in [5.74, 6) is 0.262. The molecule has 2 amide bonds. The molecule has 0 bridgehead atoms. The number of nitro benzene ring substituents is 1. The molecule has 0 aromatic heterocycles. The summed E-state index contributed by atoms with van der Waals surface area (Å²) in [5, 5.41) is 13.6. The summed E-state index contributed by atoms with van der Waals surface area (Å²) in [6, 6.07) is 9.20. The van der Waals surface area contributed by atoms with Gasteiger partial charge in [-0.3, -0.25) is 10.1 Å². The number of hydrogen-bond donors (Lipinski definition) is 2. The molecule has 0 aliphatic carbocycles. The highest BCUT2D eigenvalue weighted by molar-refractivity contribution is 7.90. The Morgan fingerprint density at radius 3 is 2.52 bits per heavy atom. The molecule has 0 aliphatic rings. The van der Waals surface area contributed by atoms with E-state index in [0.29, 0.717) is 18.7 Å². The van der Waals surface area contributed by atoms with Crippen molar-refractivity contribution in [2.24, 2.45) is 0 Å². The number of rotatable bonds is 9. The zero-order chi connectivity index (χ0) is 21.4. The van der Waals surface area contributed by atoms with Crippen LogP contribution in [0.3, 0.4) is 0 Å². The second-order valence-corrected chi connectivity index (χ2v) is 7.98. The van der Waals surface area contributed by atoms with Gasteiger partial charge in [0.25, 0.3) is 15.7 Å². The lowest BCUT2D eigenvalue weighted by molar-refractivity contribution is -0.385. The minimum Gasteiger partial charge on any atom is -0.456 e. The predicted molar refractivity (Wildman–Crippen MR) is 108 cm³/mol. The smallest absolute Gasteiger partial charge is 0.328 e. The number of non-ortho nitro benzene ring substituents is 1. The Labute approximate surface area is 169 Å². The summed E-state index contributed by atoms with van der Waals surface area (Å²) >= 11 is 0. The SMILES string of the molecule is CCCCCNC(=O)NS(=O)(=O)c1cc([N+](=O)[O-])ccc1Oc1ccccc1C. The summed E-state index contributed by atoms with van der Waals surface area (Å²) < 4.78 is 33.0. The van der Waals surface area contributed by atoms with Crippen LogP contribution in [0, 0.1) is 17.0 Å². The Morgan fingerprint density at radius 2 is 1.86 bits per heavy atom. The molecule has 0 unspecified atom stereocenters. The number of para-hydroxylation sites is 1. The molecule has 9 nitrogen and oxygen atoms in total. The number of nitrogens with zero attached hydrogens (tertiary/aromatic N) is 1. The van der Waals surface area contributed by atoms with E-state index < -0.39 is 31.6 Å². The molecular formula is C19H23N3O6S. The average Bonchev–Trinajstić information content (AvgIpc) is 2.66. The molecule has 2 rings (SSSR count). The van der Waals surface area contributed by atoms with Crippen LogP contribution in [-0.4, -0.2) is 25.9 Å². The molecule has 0 fully saturated rings. The van der Waals surface area contributed by atoms with Crippen molar-refractivity contribution in [2.75, 3.05) is 6.54 Å². The molecular weight excluding hydrogens is 398 g/mol. The molecule has 10 heteroatoms. The van der Waals surface area contributed by atoms with Crippen molar-refractivity contribution in [3.8, 4) is 11.5 Å². The van der Waals surface area contributed by atoms with Crippen molar-refractivity contribution in [3.63, 3.8) is 0 Å². The van der Waals surface area contributed by atoms with Crippen LogP contribution in [-0.2, 0) is 10.0 Å². The monoisotopic (exact) mass is 421 g/mol. The predicted octanol–water partition coefficient (Wildman–Crippen LogP) is 3.87. The number of urea groups is 1. The highest BCUT2D eigenvalue weighted by Crippen LogP contribution is 2.33. The van der Waals surface area contributed by atoms with Gasteiger partial charge >= 0.3 is 6.03 Å². The number of amides is 2. The molecule has 2 aromatic carbocycles. The number of hydrogen-bond acceptors (Lipinski definition) is 6. The van der Waals surface area contributed by atoms with Gasteiger partial charge in [-0.15, -0.1) is 0 Å². The van der Waals surface area contributed by atoms with E-state index in [2.05, 4.69) is 5.32 Å². The number of aryl methyl sites for hydroxylation is 1. The van der Waals surface area contributed by atoms with Gasteiger partial charge in [0.1, 0.15) is 16.4 Å². The molecule has 2 aromatic rings. The number of nitrogens with one attached hydrogen (secondary N) is 2. The van der Waals surface area contributed by atoms with Crippen molar-refractivity contribution >= 4 is 21.7 Å². The number of unbranched alkanes of at least 4 members (excludes halogenated alkanes) is 2. The molecule has 0 heterocycles. The van der Waals surface area contributed by atoms with Gasteiger partial charge in [-0.1, -0.05) is 38.0 Å². The highest BCUT2D eigenvalue weighted by Gasteiger charge is 2.26. The van der Waals surface area contributed by atoms with Gasteiger partial charge in [-0.05, 0) is 31.0 Å². The van der Waals surface area contributed by atoms with E-state index in [0.717, 1.165) is 30.5 Å². The molecule has 2 N–H and O–H groups in total. The molecule has 0 saturated carbocycles. The Morgan fingerprint density at radius 1 is 1.14 bits per heavy atom. The van der Waals surface area contributed by atoms with Gasteiger partial charge in [0.2, 0.25) is 0 Å². The van der Waals surface area contributed by atoms with Crippen LogP contribution in [0.15, 0.2) is 47.4 Å². The van der Waals surface area contributed by atoms with E-state index in [4.69, 9.17) is 4.74 Å². The van der Waals surface area contributed by atoms with Crippen molar-refractivity contribution in [2.45, 2.75) is 38.0 Å². The van der Waals surface area contributed by atoms with E-state index in [-0.39, 0.29) is 5.75 Å². The third-order valence-corrected chi connectivity index (χ3v) is 5.39. The third-order valence-electron chi connectivity index (χ3n) is 4.03. The summed E-state index contributed by atoms with van der Waals surface area (Å²) in [6.07, 6.45) is 2.56. The third kappa shape index (κ3) is 6.18. The molecule has 29 heavy (non-hydrogen) atoms. The van der Waals surface area contributed by atoms with E-state index in [9.17, 15) is 23.3 Å². The lowest BCUT2D eigenvalue weighted by Crippen LogP contribution is -2.39. The first-order valence-electron chi connectivity index (χ1n) is 9.07. The number of carbonyl (C=O) groups excluding carboxylic acids is 1. The minimum atomic E-state index is -4.41. The first-order valence-corrected chi connectivity index (χ1v) is 10.6. The maximum absolute atomic E-state index is 12.7. The maximum Gasteiger partial charge on any atom is 0.328 e. The number of ether oxygens (including phenoxy) is 1. The number of nitro groups is 1. The van der Waals surface area contributed by atoms with Crippen molar-refractivity contribution in [1.29, 1.82) is 0 Å². The molecule has 0 saturated heterocycles. The summed E-state index contributed by atoms with van der Waals surface area (Å²) in [6.45, 7) is 4.09. The van der Waals surface area contributed by atoms with Crippen molar-refractivity contribution < 1.29 is 22.9 Å². The van der Waals surface area contributed by atoms with Crippen LogP contribution in [0.5, 0.6) is 11.5 Å². The van der Waals surface area contributed by atoms with Crippen LogP contribution < -0.4 is 14.8 Å². The second-order valence-electron chi connectivity index (χ2n) is 6.32. The first-order chi connectivity index (χ1) is 13.7. The largest absolute Gasteiger partial charge is 0.456 e. The second kappa shape index (κ2) is 9.87. The number of sulfonamides is 1. The molecule has 0 spiro atoms. The van der Waals surface area contributed by atoms with E-state index in [1.165, 1.54) is 6.07 Å². The fraction of sp³-hybridized carbons (Fsp3) is 0.316. The topological polar surface area (TPSA) is 128 Å². The van der Waals surface area contributed by atoms with Crippen LogP contribution in [0.25, 0.3) is 0 Å². The molecule has 0 atom stereocenters. The van der Waals surface area contributed by atoms with E-state index >= 15 is 0 Å². The lowest BCUT2D eigenvalue weighted by Gasteiger charge is -2.14. The van der Waals surface area contributed by atoms with Gasteiger partial charge < -0.3 is 10.1 Å². The Hall–Kier alpha value is -3.14. The fourth-order valence-electron chi connectivity index (χ4n) is 2.48. The molecule has 0 aliphatic heterocycles. The average molecular weight is 421 g/mol. The number of carbonyl (C=O) groups is 1. The highest BCUT2D eigenvalue weighted by atomic mass is 32.2. The van der Waals surface area contributed by atoms with Crippen LogP contribution in [0.1, 0.15) is 31.7 Å². The maximum atomic E-state index is 12.7. The molecule has 0 radical (unpaired) electrons. The molecule has 156 valence electrons. The Bertz CT molecular complexity index is 991. The van der Waals surface area contributed by atoms with Gasteiger partial charge in [-0.2, -0.15) is 0 Å². The minimum absolute atomic E-state index is 0.129. The zero-order valence-electron chi connectivity index (χ0n) is 16.2. The summed E-state index contributed by atoms with van der Waals surface area (Å²) in [7, 11) is -4.41. The first kappa shape index (κ1) is 22.2. The van der Waals surface area contributed by atoms with Gasteiger partial charge in [0.15, 0.2) is 0 Å². The normalized spacial score (nSPS) is 11.0. The van der Waals surface area contributed by atoms with Crippen molar-refractivity contribution in [1.82, 2.24) is 10.0 Å². The van der Waals surface area contributed by atoms with E-state index in [1.807, 2.05) is 11.6 Å². The fourth-order valence-corrected chi connectivity index (χ4v) is 3.56. The van der Waals surface area contributed by atoms with E-state index in [1.54, 1.807) is 31.2 Å². The van der Waals surface area contributed by atoms with Crippen LogP contribution in [0.4, 0.5) is 10.5 Å². The quantitative estimate of drug-likeness (QED) is 0.359.